The second kappa shape index (κ2) is 8.72. The van der Waals surface area contributed by atoms with Crippen molar-refractivity contribution in [2.24, 2.45) is 0 Å². The van der Waals surface area contributed by atoms with Crippen LogP contribution in [-0.2, 0) is 22.7 Å². The average molecular weight is 369 g/mol. The first kappa shape index (κ1) is 18.3. The summed E-state index contributed by atoms with van der Waals surface area (Å²) in [4.78, 5) is 27.7. The molecule has 7 nitrogen and oxygen atoms in total. The van der Waals surface area contributed by atoms with Crippen molar-refractivity contribution in [3.8, 4) is 0 Å². The van der Waals surface area contributed by atoms with Crippen LogP contribution in [0.1, 0.15) is 5.69 Å². The van der Waals surface area contributed by atoms with E-state index in [1.54, 1.807) is 28.8 Å². The summed E-state index contributed by atoms with van der Waals surface area (Å²) in [5, 5.41) is 15.7. The van der Waals surface area contributed by atoms with Gasteiger partial charge in [0.2, 0.25) is 11.8 Å². The van der Waals surface area contributed by atoms with Crippen LogP contribution in [0.4, 0.5) is 5.69 Å². The Balaban J connectivity index is 1.98. The summed E-state index contributed by atoms with van der Waals surface area (Å²) < 4.78 is 1.58. The molecule has 0 spiro atoms. The zero-order chi connectivity index (χ0) is 17.5. The third kappa shape index (κ3) is 4.98. The molecule has 0 radical (unpaired) electrons. The van der Waals surface area contributed by atoms with E-state index in [0.717, 1.165) is 0 Å². The number of halogens is 1. The summed E-state index contributed by atoms with van der Waals surface area (Å²) >= 11 is 6.98. The number of hydrogen-bond acceptors (Lipinski definition) is 5. The molecular weight excluding hydrogens is 352 g/mol. The number of carbonyl (C=O) groups excluding carboxylic acids is 2. The van der Waals surface area contributed by atoms with Crippen LogP contribution in [0, 0.1) is 0 Å². The van der Waals surface area contributed by atoms with E-state index in [1.165, 1.54) is 25.0 Å². The molecule has 0 atom stereocenters. The minimum absolute atomic E-state index is 0.0352. The zero-order valence-electron chi connectivity index (χ0n) is 13.0. The summed E-state index contributed by atoms with van der Waals surface area (Å²) in [6, 6.07) is 6.80. The number of aliphatic hydroxyl groups is 1. The van der Waals surface area contributed by atoms with Crippen LogP contribution in [0.15, 0.2) is 35.6 Å². The molecule has 128 valence electrons. The number of imidazole rings is 1. The third-order valence-electron chi connectivity index (χ3n) is 3.10. The molecule has 0 aliphatic rings. The second-order valence-electron chi connectivity index (χ2n) is 4.79. The maximum Gasteiger partial charge on any atom is 0.239 e. The number of nitrogens with zero attached hydrogens (tertiary/aromatic N) is 2. The minimum Gasteiger partial charge on any atom is -0.390 e. The molecule has 9 heteroatoms. The number of aliphatic hydroxyl groups excluding tert-OH is 1. The Morgan fingerprint density at radius 2 is 2.00 bits per heavy atom. The molecule has 2 amide bonds. The molecule has 0 unspecified atom stereocenters. The maximum absolute atomic E-state index is 12.0. The van der Waals surface area contributed by atoms with Crippen LogP contribution in [0.5, 0.6) is 0 Å². The number of carbonyl (C=O) groups is 2. The van der Waals surface area contributed by atoms with Gasteiger partial charge in [-0.05, 0) is 24.3 Å². The van der Waals surface area contributed by atoms with Crippen molar-refractivity contribution in [3.05, 3.63) is 41.2 Å². The number of amides is 2. The number of anilines is 1. The number of benzene rings is 1. The fraction of sp³-hybridized carbons (Fsp3) is 0.267. The Morgan fingerprint density at radius 1 is 1.29 bits per heavy atom. The summed E-state index contributed by atoms with van der Waals surface area (Å²) in [7, 11) is 1.53. The Kier molecular flexibility index (Phi) is 6.65. The van der Waals surface area contributed by atoms with E-state index in [1.807, 2.05) is 0 Å². The van der Waals surface area contributed by atoms with Gasteiger partial charge in [-0.2, -0.15) is 0 Å². The van der Waals surface area contributed by atoms with Crippen molar-refractivity contribution in [2.75, 3.05) is 18.1 Å². The molecular formula is C15H17ClN4O3S. The highest BCUT2D eigenvalue weighted by Crippen LogP contribution is 2.20. The fourth-order valence-electron chi connectivity index (χ4n) is 1.89. The molecule has 0 aliphatic carbocycles. The number of nitrogens with one attached hydrogen (secondary N) is 2. The summed E-state index contributed by atoms with van der Waals surface area (Å²) in [5.74, 6) is -0.296. The smallest absolute Gasteiger partial charge is 0.239 e. The van der Waals surface area contributed by atoms with Gasteiger partial charge in [-0.25, -0.2) is 4.98 Å². The van der Waals surface area contributed by atoms with E-state index in [9.17, 15) is 14.7 Å². The van der Waals surface area contributed by atoms with Gasteiger partial charge >= 0.3 is 0 Å². The van der Waals surface area contributed by atoms with Crippen molar-refractivity contribution in [1.29, 1.82) is 0 Å². The van der Waals surface area contributed by atoms with Crippen molar-refractivity contribution in [3.63, 3.8) is 0 Å². The lowest BCUT2D eigenvalue weighted by molar-refractivity contribution is -0.121. The SMILES string of the molecule is CNC(=O)Cn1c(CO)cnc1SCC(=O)Nc1ccc(Cl)cc1. The lowest BCUT2D eigenvalue weighted by Crippen LogP contribution is -2.25. The zero-order valence-corrected chi connectivity index (χ0v) is 14.5. The fourth-order valence-corrected chi connectivity index (χ4v) is 2.81. The van der Waals surface area contributed by atoms with Gasteiger partial charge < -0.3 is 20.3 Å². The Hall–Kier alpha value is -2.03. The molecule has 3 N–H and O–H groups in total. The van der Waals surface area contributed by atoms with Crippen LogP contribution in [0.3, 0.4) is 0 Å². The highest BCUT2D eigenvalue weighted by atomic mass is 35.5. The normalized spacial score (nSPS) is 10.5. The first-order valence-corrected chi connectivity index (χ1v) is 8.44. The topological polar surface area (TPSA) is 96.2 Å². The largest absolute Gasteiger partial charge is 0.390 e. The van der Waals surface area contributed by atoms with E-state index < -0.39 is 0 Å². The molecule has 1 aromatic carbocycles. The van der Waals surface area contributed by atoms with Crippen LogP contribution in [-0.4, -0.2) is 39.3 Å². The van der Waals surface area contributed by atoms with Crippen molar-refractivity contribution < 1.29 is 14.7 Å². The second-order valence-corrected chi connectivity index (χ2v) is 6.17. The maximum atomic E-state index is 12.0. The van der Waals surface area contributed by atoms with Gasteiger partial charge in [-0.3, -0.25) is 9.59 Å². The van der Waals surface area contributed by atoms with Crippen molar-refractivity contribution in [1.82, 2.24) is 14.9 Å². The molecule has 2 rings (SSSR count). The quantitative estimate of drug-likeness (QED) is 0.644. The van der Waals surface area contributed by atoms with Crippen LogP contribution in [0.2, 0.25) is 5.02 Å². The van der Waals surface area contributed by atoms with Crippen LogP contribution < -0.4 is 10.6 Å². The Labute approximate surface area is 148 Å². The highest BCUT2D eigenvalue weighted by Gasteiger charge is 2.14. The first-order chi connectivity index (χ1) is 11.5. The summed E-state index contributed by atoms with van der Waals surface area (Å²) in [6.07, 6.45) is 1.49. The Morgan fingerprint density at radius 3 is 2.62 bits per heavy atom. The minimum atomic E-state index is -0.235. The monoisotopic (exact) mass is 368 g/mol. The number of likely N-dealkylation sites (N-methyl/N-ethyl adjacent to an activating group) is 1. The van der Waals surface area contributed by atoms with E-state index in [2.05, 4.69) is 15.6 Å². The number of rotatable bonds is 7. The average Bonchev–Trinajstić information content (AvgIpc) is 2.96. The van der Waals surface area contributed by atoms with Gasteiger partial charge in [-0.15, -0.1) is 0 Å². The number of thioether (sulfide) groups is 1. The lowest BCUT2D eigenvalue weighted by atomic mass is 10.3. The van der Waals surface area contributed by atoms with Crippen LogP contribution in [0.25, 0.3) is 0 Å². The molecule has 0 fully saturated rings. The van der Waals surface area contributed by atoms with Gasteiger partial charge in [0.1, 0.15) is 6.54 Å². The molecule has 0 bridgehead atoms. The molecule has 1 aromatic heterocycles. The molecule has 1 heterocycles. The summed E-state index contributed by atoms with van der Waals surface area (Å²) in [6.45, 7) is -0.199. The van der Waals surface area contributed by atoms with Gasteiger partial charge in [0.25, 0.3) is 0 Å². The first-order valence-electron chi connectivity index (χ1n) is 7.07. The third-order valence-corrected chi connectivity index (χ3v) is 4.35. The molecule has 2 aromatic rings. The van der Waals surface area contributed by atoms with Gasteiger partial charge in [-0.1, -0.05) is 23.4 Å². The number of hydrogen-bond donors (Lipinski definition) is 3. The van der Waals surface area contributed by atoms with E-state index >= 15 is 0 Å². The molecule has 0 saturated carbocycles. The van der Waals surface area contributed by atoms with Gasteiger partial charge in [0.05, 0.1) is 24.3 Å². The van der Waals surface area contributed by atoms with Crippen molar-refractivity contribution in [2.45, 2.75) is 18.3 Å². The molecule has 24 heavy (non-hydrogen) atoms. The highest BCUT2D eigenvalue weighted by molar-refractivity contribution is 7.99. The standard InChI is InChI=1S/C15H17ClN4O3S/c1-17-13(22)7-20-12(8-21)6-18-15(20)24-9-14(23)19-11-4-2-10(16)3-5-11/h2-6,21H,7-9H2,1H3,(H,17,22)(H,19,23). The predicted molar refractivity (Wildman–Crippen MR) is 93.0 cm³/mol. The molecule has 0 aliphatic heterocycles. The Bertz CT molecular complexity index is 718. The number of aromatic nitrogens is 2. The van der Waals surface area contributed by atoms with Crippen LogP contribution >= 0.6 is 23.4 Å². The van der Waals surface area contributed by atoms with Crippen molar-refractivity contribution >= 4 is 40.9 Å². The van der Waals surface area contributed by atoms with E-state index in [0.29, 0.717) is 21.6 Å². The van der Waals surface area contributed by atoms with Gasteiger partial charge in [0, 0.05) is 17.8 Å². The van der Waals surface area contributed by atoms with E-state index in [4.69, 9.17) is 11.6 Å². The molecule has 0 saturated heterocycles. The van der Waals surface area contributed by atoms with Gasteiger partial charge in [0.15, 0.2) is 5.16 Å². The van der Waals surface area contributed by atoms with E-state index in [-0.39, 0.29) is 30.7 Å². The predicted octanol–water partition coefficient (Wildman–Crippen LogP) is 1.51. The summed E-state index contributed by atoms with van der Waals surface area (Å²) in [5.41, 5.74) is 1.16. The lowest BCUT2D eigenvalue weighted by Gasteiger charge is -2.10.